The van der Waals surface area contributed by atoms with Crippen molar-refractivity contribution in [2.75, 3.05) is 33.4 Å². The predicted octanol–water partition coefficient (Wildman–Crippen LogP) is 2.97. The van der Waals surface area contributed by atoms with Gasteiger partial charge in [0.05, 0.1) is 6.61 Å². The second-order valence-corrected chi connectivity index (χ2v) is 7.43. The summed E-state index contributed by atoms with van der Waals surface area (Å²) in [7, 11) is 1.63. The first-order valence-corrected chi connectivity index (χ1v) is 10.1. The number of H-pyrrole nitrogens is 1. The molecule has 3 aromatic rings. The molecule has 0 unspecified atom stereocenters. The van der Waals surface area contributed by atoms with E-state index in [9.17, 15) is 9.59 Å². The Kier molecular flexibility index (Phi) is 6.09. The number of aromatic nitrogens is 2. The summed E-state index contributed by atoms with van der Waals surface area (Å²) in [5, 5.41) is 0.850. The van der Waals surface area contributed by atoms with Crippen molar-refractivity contribution in [1.29, 1.82) is 0 Å². The number of aromatic amines is 1. The number of amides is 1. The molecule has 0 saturated carbocycles. The van der Waals surface area contributed by atoms with E-state index in [2.05, 4.69) is 9.97 Å². The molecule has 1 aromatic carbocycles. The van der Waals surface area contributed by atoms with Gasteiger partial charge in [0.1, 0.15) is 17.9 Å². The average Bonchev–Trinajstić information content (AvgIpc) is 2.79. The summed E-state index contributed by atoms with van der Waals surface area (Å²) in [6.45, 7) is 2.31. The van der Waals surface area contributed by atoms with Gasteiger partial charge in [-0.15, -0.1) is 0 Å². The zero-order valence-electron chi connectivity index (χ0n) is 17.0. The van der Waals surface area contributed by atoms with Crippen molar-refractivity contribution in [3.05, 3.63) is 70.3 Å². The molecule has 0 aliphatic carbocycles. The third-order valence-corrected chi connectivity index (χ3v) is 5.50. The van der Waals surface area contributed by atoms with Crippen LogP contribution in [0.5, 0.6) is 5.75 Å². The van der Waals surface area contributed by atoms with Crippen LogP contribution in [0.1, 0.15) is 34.8 Å². The number of ether oxygens (including phenoxy) is 2. The highest BCUT2D eigenvalue weighted by Gasteiger charge is 2.25. The highest BCUT2D eigenvalue weighted by atomic mass is 16.5. The second-order valence-electron chi connectivity index (χ2n) is 7.43. The van der Waals surface area contributed by atoms with E-state index in [0.717, 1.165) is 29.7 Å². The molecule has 7 nitrogen and oxygen atoms in total. The minimum atomic E-state index is -0.158. The quantitative estimate of drug-likeness (QED) is 0.635. The molecular formula is C23H25N3O4. The van der Waals surface area contributed by atoms with Crippen LogP contribution in [0, 0.1) is 0 Å². The lowest BCUT2D eigenvalue weighted by Gasteiger charge is -2.32. The maximum absolute atomic E-state index is 12.8. The molecule has 30 heavy (non-hydrogen) atoms. The maximum Gasteiger partial charge on any atom is 0.274 e. The molecule has 4 rings (SSSR count). The number of nitrogens with zero attached hydrogens (tertiary/aromatic N) is 2. The highest BCUT2D eigenvalue weighted by Crippen LogP contribution is 2.28. The number of benzene rings is 1. The van der Waals surface area contributed by atoms with Crippen LogP contribution in [-0.4, -0.2) is 54.2 Å². The van der Waals surface area contributed by atoms with Crippen LogP contribution in [0.3, 0.4) is 0 Å². The Hall–Kier alpha value is -3.19. The Morgan fingerprint density at radius 3 is 2.67 bits per heavy atom. The number of fused-ring (bicyclic) bond motifs is 1. The number of methoxy groups -OCH3 is 1. The molecule has 1 amide bonds. The third kappa shape index (κ3) is 4.36. The van der Waals surface area contributed by atoms with Gasteiger partial charge in [0.25, 0.3) is 11.5 Å². The molecule has 0 bridgehead atoms. The Morgan fingerprint density at radius 1 is 1.17 bits per heavy atom. The van der Waals surface area contributed by atoms with Crippen molar-refractivity contribution in [2.45, 2.75) is 18.8 Å². The average molecular weight is 407 g/mol. The van der Waals surface area contributed by atoms with Gasteiger partial charge < -0.3 is 19.4 Å². The Balaban J connectivity index is 1.38. The molecule has 0 atom stereocenters. The van der Waals surface area contributed by atoms with Crippen LogP contribution < -0.4 is 10.3 Å². The Bertz CT molecular complexity index is 1070. The summed E-state index contributed by atoms with van der Waals surface area (Å²) in [4.78, 5) is 34.2. The van der Waals surface area contributed by atoms with E-state index in [4.69, 9.17) is 9.47 Å². The Labute approximate surface area is 174 Å². The van der Waals surface area contributed by atoms with Crippen molar-refractivity contribution in [3.63, 3.8) is 0 Å². The first-order valence-electron chi connectivity index (χ1n) is 10.1. The summed E-state index contributed by atoms with van der Waals surface area (Å²) in [6, 6.07) is 13.0. The fourth-order valence-electron chi connectivity index (χ4n) is 3.85. The fourth-order valence-corrected chi connectivity index (χ4v) is 3.85. The van der Waals surface area contributed by atoms with Crippen molar-refractivity contribution in [1.82, 2.24) is 14.9 Å². The van der Waals surface area contributed by atoms with Crippen molar-refractivity contribution < 1.29 is 14.3 Å². The number of carbonyl (C=O) groups is 1. The van der Waals surface area contributed by atoms with E-state index >= 15 is 0 Å². The molecule has 2 aromatic heterocycles. The molecule has 156 valence electrons. The summed E-state index contributed by atoms with van der Waals surface area (Å²) >= 11 is 0. The largest absolute Gasteiger partial charge is 0.491 e. The lowest BCUT2D eigenvalue weighted by Crippen LogP contribution is -2.38. The molecule has 0 spiro atoms. The van der Waals surface area contributed by atoms with Crippen LogP contribution in [0.15, 0.2) is 53.5 Å². The molecule has 1 saturated heterocycles. The first kappa shape index (κ1) is 20.1. The zero-order valence-corrected chi connectivity index (χ0v) is 17.0. The predicted molar refractivity (Wildman–Crippen MR) is 114 cm³/mol. The van der Waals surface area contributed by atoms with Gasteiger partial charge >= 0.3 is 0 Å². The van der Waals surface area contributed by atoms with Crippen LogP contribution in [0.4, 0.5) is 0 Å². The summed E-state index contributed by atoms with van der Waals surface area (Å²) in [5.41, 5.74) is 1.88. The summed E-state index contributed by atoms with van der Waals surface area (Å²) in [6.07, 6.45) is 3.25. The van der Waals surface area contributed by atoms with Crippen molar-refractivity contribution in [3.8, 4) is 5.75 Å². The molecule has 1 aliphatic rings. The van der Waals surface area contributed by atoms with Gasteiger partial charge in [-0.1, -0.05) is 6.07 Å². The van der Waals surface area contributed by atoms with Gasteiger partial charge in [0.15, 0.2) is 0 Å². The zero-order chi connectivity index (χ0) is 20.9. The van der Waals surface area contributed by atoms with Crippen molar-refractivity contribution in [2.24, 2.45) is 0 Å². The lowest BCUT2D eigenvalue weighted by atomic mass is 9.92. The summed E-state index contributed by atoms with van der Waals surface area (Å²) < 4.78 is 10.5. The van der Waals surface area contributed by atoms with Crippen molar-refractivity contribution >= 4 is 16.8 Å². The molecule has 0 radical (unpaired) electrons. The summed E-state index contributed by atoms with van der Waals surface area (Å²) in [5.74, 6) is 0.966. The first-order chi connectivity index (χ1) is 14.7. The number of carbonyl (C=O) groups excluding carboxylic acids is 1. The minimum Gasteiger partial charge on any atom is -0.491 e. The molecule has 1 fully saturated rings. The number of hydrogen-bond donors (Lipinski definition) is 1. The molecule has 3 heterocycles. The second kappa shape index (κ2) is 9.09. The topological polar surface area (TPSA) is 84.5 Å². The molecular weight excluding hydrogens is 382 g/mol. The van der Waals surface area contributed by atoms with E-state index < -0.39 is 0 Å². The molecule has 1 N–H and O–H groups in total. The minimum absolute atomic E-state index is 0.0214. The number of hydrogen-bond acceptors (Lipinski definition) is 5. The van der Waals surface area contributed by atoms with E-state index in [0.29, 0.717) is 37.4 Å². The van der Waals surface area contributed by atoms with Gasteiger partial charge in [-0.3, -0.25) is 14.6 Å². The third-order valence-electron chi connectivity index (χ3n) is 5.50. The maximum atomic E-state index is 12.8. The highest BCUT2D eigenvalue weighted by molar-refractivity contribution is 5.94. The molecule has 7 heteroatoms. The van der Waals surface area contributed by atoms with E-state index in [1.54, 1.807) is 25.4 Å². The number of likely N-dealkylation sites (tertiary alicyclic amines) is 1. The van der Waals surface area contributed by atoms with Gasteiger partial charge in [-0.2, -0.15) is 0 Å². The SMILES string of the molecule is COCCOc1ccc(C(=O)N2CCC(c3cc4cccnc4c(=O)[nH]3)CC2)cc1. The van der Waals surface area contributed by atoms with E-state index in [-0.39, 0.29) is 17.4 Å². The monoisotopic (exact) mass is 407 g/mol. The van der Waals surface area contributed by atoms with Crippen LogP contribution in [0.2, 0.25) is 0 Å². The van der Waals surface area contributed by atoms with Gasteiger partial charge in [-0.05, 0) is 49.2 Å². The normalized spacial score (nSPS) is 14.8. The fraction of sp³-hybridized carbons (Fsp3) is 0.348. The van der Waals surface area contributed by atoms with Gasteiger partial charge in [0, 0.05) is 49.0 Å². The number of rotatable bonds is 6. The van der Waals surface area contributed by atoms with Crippen LogP contribution in [0.25, 0.3) is 10.9 Å². The smallest absolute Gasteiger partial charge is 0.274 e. The lowest BCUT2D eigenvalue weighted by molar-refractivity contribution is 0.0712. The van der Waals surface area contributed by atoms with Gasteiger partial charge in [-0.25, -0.2) is 0 Å². The van der Waals surface area contributed by atoms with Crippen LogP contribution in [-0.2, 0) is 4.74 Å². The number of nitrogens with one attached hydrogen (secondary N) is 1. The Morgan fingerprint density at radius 2 is 1.93 bits per heavy atom. The van der Waals surface area contributed by atoms with E-state index in [1.165, 1.54) is 0 Å². The number of pyridine rings is 2. The van der Waals surface area contributed by atoms with Gasteiger partial charge in [0.2, 0.25) is 0 Å². The standard InChI is InChI=1S/C23H25N3O4/c1-29-13-14-30-19-6-4-17(5-7-19)23(28)26-11-8-16(9-12-26)20-15-18-3-2-10-24-21(18)22(27)25-20/h2-7,10,15-16H,8-9,11-14H2,1H3,(H,25,27). The van der Waals surface area contributed by atoms with Crippen LogP contribution >= 0.6 is 0 Å². The molecule has 1 aliphatic heterocycles. The number of piperidine rings is 1. The van der Waals surface area contributed by atoms with E-state index in [1.807, 2.05) is 35.2 Å².